The Balaban J connectivity index is 2.34. The number of hydrogen-bond donors (Lipinski definition) is 1. The van der Waals surface area contributed by atoms with Gasteiger partial charge in [0.2, 0.25) is 5.91 Å². The molecule has 1 amide bonds. The number of methoxy groups -OCH3 is 1. The lowest BCUT2D eigenvalue weighted by Crippen LogP contribution is -2.22. The predicted molar refractivity (Wildman–Crippen MR) is 89.5 cm³/mol. The summed E-state index contributed by atoms with van der Waals surface area (Å²) in [6.07, 6.45) is 4.55. The molecule has 1 aromatic rings. The van der Waals surface area contributed by atoms with Crippen molar-refractivity contribution in [1.82, 2.24) is 0 Å². The fraction of sp³-hybridized carbons (Fsp3) is 0.647. The lowest BCUT2D eigenvalue weighted by atomic mass is 9.88. The Morgan fingerprint density at radius 3 is 2.64 bits per heavy atom. The molecule has 1 aliphatic carbocycles. The van der Waals surface area contributed by atoms with Crippen molar-refractivity contribution in [3.8, 4) is 0 Å². The van der Waals surface area contributed by atoms with Gasteiger partial charge in [-0.3, -0.25) is 4.79 Å². The quantitative estimate of drug-likeness (QED) is 0.832. The maximum Gasteiger partial charge on any atom is 0.341 e. The number of esters is 1. The molecule has 0 radical (unpaired) electrons. The first kappa shape index (κ1) is 17.0. The van der Waals surface area contributed by atoms with E-state index in [0.717, 1.165) is 37.7 Å². The second-order valence-corrected chi connectivity index (χ2v) is 7.16. The van der Waals surface area contributed by atoms with E-state index in [4.69, 9.17) is 4.74 Å². The highest BCUT2D eigenvalue weighted by Gasteiger charge is 2.29. The number of fused-ring (bicyclic) bond motifs is 1. The molecular weight excluding hydrogens is 298 g/mol. The zero-order chi connectivity index (χ0) is 16.3. The van der Waals surface area contributed by atoms with Gasteiger partial charge in [-0.2, -0.15) is 0 Å². The van der Waals surface area contributed by atoms with Crippen molar-refractivity contribution in [2.45, 2.75) is 52.9 Å². The Labute approximate surface area is 136 Å². The number of carbonyl (C=O) groups is 2. The molecular formula is C17H25NO3S. The van der Waals surface area contributed by atoms with Crippen molar-refractivity contribution in [3.05, 3.63) is 16.0 Å². The third-order valence-corrected chi connectivity index (χ3v) is 5.66. The Kier molecular flexibility index (Phi) is 5.62. The monoisotopic (exact) mass is 323 g/mol. The molecule has 1 N–H and O–H groups in total. The van der Waals surface area contributed by atoms with E-state index in [9.17, 15) is 9.59 Å². The predicted octanol–water partition coefficient (Wildman–Crippen LogP) is 4.03. The number of rotatable bonds is 5. The molecule has 0 aromatic carbocycles. The normalized spacial score (nSPS) is 17.2. The lowest BCUT2D eigenvalue weighted by molar-refractivity contribution is -0.120. The molecule has 0 saturated carbocycles. The van der Waals surface area contributed by atoms with Gasteiger partial charge in [0.1, 0.15) is 5.00 Å². The Morgan fingerprint density at radius 2 is 2.05 bits per heavy atom. The molecule has 2 rings (SSSR count). The molecule has 5 heteroatoms. The Hall–Kier alpha value is -1.36. The van der Waals surface area contributed by atoms with E-state index in [1.165, 1.54) is 12.0 Å². The summed E-state index contributed by atoms with van der Waals surface area (Å²) in [4.78, 5) is 25.8. The van der Waals surface area contributed by atoms with E-state index in [2.05, 4.69) is 12.2 Å². The number of thiophene rings is 1. The van der Waals surface area contributed by atoms with Gasteiger partial charge in [0, 0.05) is 10.8 Å². The number of amides is 1. The molecule has 0 spiro atoms. The number of hydrogen-bond acceptors (Lipinski definition) is 4. The molecule has 122 valence electrons. The molecule has 0 aliphatic heterocycles. The standard InChI is InChI=1S/C17H25NO3S/c1-5-11(6-2)15(19)18-16-14(17(20)21-4)12-8-7-10(3)9-13(12)22-16/h10-11H,5-9H2,1-4H3,(H,18,19)/t10-/m0/s1. The summed E-state index contributed by atoms with van der Waals surface area (Å²) >= 11 is 1.54. The van der Waals surface area contributed by atoms with Crippen LogP contribution in [0.3, 0.4) is 0 Å². The summed E-state index contributed by atoms with van der Waals surface area (Å²) in [5, 5.41) is 3.65. The van der Waals surface area contributed by atoms with Crippen molar-refractivity contribution >= 4 is 28.2 Å². The summed E-state index contributed by atoms with van der Waals surface area (Å²) in [6, 6.07) is 0. The summed E-state index contributed by atoms with van der Waals surface area (Å²) in [5.41, 5.74) is 1.66. The van der Waals surface area contributed by atoms with E-state index in [-0.39, 0.29) is 17.8 Å². The summed E-state index contributed by atoms with van der Waals surface area (Å²) in [7, 11) is 1.39. The first-order chi connectivity index (χ1) is 10.5. The van der Waals surface area contributed by atoms with Gasteiger partial charge in [-0.15, -0.1) is 11.3 Å². The van der Waals surface area contributed by atoms with E-state index in [0.29, 0.717) is 16.5 Å². The van der Waals surface area contributed by atoms with Crippen molar-refractivity contribution in [2.24, 2.45) is 11.8 Å². The highest BCUT2D eigenvalue weighted by Crippen LogP contribution is 2.40. The van der Waals surface area contributed by atoms with Gasteiger partial charge in [0.05, 0.1) is 12.7 Å². The summed E-state index contributed by atoms with van der Waals surface area (Å²) < 4.78 is 4.94. The van der Waals surface area contributed by atoms with Gasteiger partial charge >= 0.3 is 5.97 Å². The van der Waals surface area contributed by atoms with Gasteiger partial charge in [0.25, 0.3) is 0 Å². The van der Waals surface area contributed by atoms with Crippen LogP contribution in [0.15, 0.2) is 0 Å². The number of carbonyl (C=O) groups excluding carboxylic acids is 2. The van der Waals surface area contributed by atoms with Crippen LogP contribution in [0.1, 0.15) is 60.8 Å². The number of anilines is 1. The zero-order valence-corrected chi connectivity index (χ0v) is 14.6. The first-order valence-electron chi connectivity index (χ1n) is 8.05. The summed E-state index contributed by atoms with van der Waals surface area (Å²) in [5.74, 6) is 0.275. The van der Waals surface area contributed by atoms with Crippen LogP contribution in [0.4, 0.5) is 5.00 Å². The molecule has 1 atom stereocenters. The van der Waals surface area contributed by atoms with Gasteiger partial charge in [-0.1, -0.05) is 20.8 Å². The maximum absolute atomic E-state index is 12.4. The number of nitrogens with one attached hydrogen (secondary N) is 1. The van der Waals surface area contributed by atoms with Crippen molar-refractivity contribution in [3.63, 3.8) is 0 Å². The first-order valence-corrected chi connectivity index (χ1v) is 8.87. The molecule has 4 nitrogen and oxygen atoms in total. The van der Waals surface area contributed by atoms with Gasteiger partial charge in [-0.05, 0) is 43.6 Å². The maximum atomic E-state index is 12.4. The number of ether oxygens (including phenoxy) is 1. The van der Waals surface area contributed by atoms with Crippen LogP contribution in [-0.2, 0) is 22.4 Å². The fourth-order valence-electron chi connectivity index (χ4n) is 3.03. The van der Waals surface area contributed by atoms with Gasteiger partial charge in [-0.25, -0.2) is 4.79 Å². The molecule has 1 aliphatic rings. The van der Waals surface area contributed by atoms with Crippen LogP contribution in [0.25, 0.3) is 0 Å². The van der Waals surface area contributed by atoms with Crippen molar-refractivity contribution in [2.75, 3.05) is 12.4 Å². The Bertz CT molecular complexity index is 560. The molecule has 0 saturated heterocycles. The second kappa shape index (κ2) is 7.27. The van der Waals surface area contributed by atoms with Crippen molar-refractivity contribution < 1.29 is 14.3 Å². The van der Waals surface area contributed by atoms with Crippen LogP contribution in [0.2, 0.25) is 0 Å². The average molecular weight is 323 g/mol. The van der Waals surface area contributed by atoms with Crippen LogP contribution in [-0.4, -0.2) is 19.0 Å². The van der Waals surface area contributed by atoms with E-state index in [1.54, 1.807) is 11.3 Å². The molecule has 1 heterocycles. The van der Waals surface area contributed by atoms with E-state index >= 15 is 0 Å². The van der Waals surface area contributed by atoms with E-state index < -0.39 is 0 Å². The fourth-order valence-corrected chi connectivity index (χ4v) is 4.43. The second-order valence-electron chi connectivity index (χ2n) is 6.05. The molecule has 0 fully saturated rings. The third kappa shape index (κ3) is 3.35. The summed E-state index contributed by atoms with van der Waals surface area (Å²) in [6.45, 7) is 6.25. The molecule has 22 heavy (non-hydrogen) atoms. The highest BCUT2D eigenvalue weighted by atomic mass is 32.1. The smallest absolute Gasteiger partial charge is 0.341 e. The lowest BCUT2D eigenvalue weighted by Gasteiger charge is -2.18. The molecule has 0 bridgehead atoms. The average Bonchev–Trinajstić information content (AvgIpc) is 2.84. The minimum atomic E-state index is -0.341. The van der Waals surface area contributed by atoms with Crippen LogP contribution in [0.5, 0.6) is 0 Å². The molecule has 0 unspecified atom stereocenters. The Morgan fingerprint density at radius 1 is 1.36 bits per heavy atom. The van der Waals surface area contributed by atoms with Gasteiger partial charge < -0.3 is 10.1 Å². The van der Waals surface area contributed by atoms with Crippen LogP contribution in [0, 0.1) is 11.8 Å². The van der Waals surface area contributed by atoms with Crippen LogP contribution < -0.4 is 5.32 Å². The zero-order valence-electron chi connectivity index (χ0n) is 13.8. The topological polar surface area (TPSA) is 55.4 Å². The van der Waals surface area contributed by atoms with E-state index in [1.807, 2.05) is 13.8 Å². The largest absolute Gasteiger partial charge is 0.465 e. The van der Waals surface area contributed by atoms with Crippen molar-refractivity contribution in [1.29, 1.82) is 0 Å². The minimum Gasteiger partial charge on any atom is -0.465 e. The molecule has 1 aromatic heterocycles. The van der Waals surface area contributed by atoms with Gasteiger partial charge in [0.15, 0.2) is 0 Å². The third-order valence-electron chi connectivity index (χ3n) is 4.49. The highest BCUT2D eigenvalue weighted by molar-refractivity contribution is 7.17. The SMILES string of the molecule is CCC(CC)C(=O)Nc1sc2c(c1C(=O)OC)CC[C@H](C)C2. The minimum absolute atomic E-state index is 0.00167. The van der Waals surface area contributed by atoms with Crippen LogP contribution >= 0.6 is 11.3 Å².